The van der Waals surface area contributed by atoms with E-state index in [4.69, 9.17) is 9.84 Å². The lowest BCUT2D eigenvalue weighted by atomic mass is 10.3. The molecule has 1 aliphatic heterocycles. The van der Waals surface area contributed by atoms with E-state index in [1.807, 2.05) is 0 Å². The molecule has 1 heterocycles. The first kappa shape index (κ1) is 3.87. The first-order chi connectivity index (χ1) is 3.36. The number of epoxide rings is 1. The molecule has 3 atom stereocenters. The molecule has 1 aliphatic carbocycles. The standard InChI is InChI=1S/C5H8O2/c6-3-1-4-5(2-3)7-4/h3-6H,1-2H2/t3-,4+,5-. The molecule has 0 aromatic carbocycles. The summed E-state index contributed by atoms with van der Waals surface area (Å²) >= 11 is 0. The fraction of sp³-hybridized carbons (Fsp3) is 1.00. The molecule has 1 N–H and O–H groups in total. The molecule has 0 unspecified atom stereocenters. The third kappa shape index (κ3) is 0.469. The van der Waals surface area contributed by atoms with Gasteiger partial charge < -0.3 is 9.84 Å². The maximum Gasteiger partial charge on any atom is 0.0867 e. The fourth-order valence-corrected chi connectivity index (χ4v) is 1.23. The summed E-state index contributed by atoms with van der Waals surface area (Å²) in [5, 5.41) is 8.85. The molecule has 0 radical (unpaired) electrons. The average molecular weight is 100 g/mol. The van der Waals surface area contributed by atoms with Gasteiger partial charge in [0.05, 0.1) is 18.3 Å². The summed E-state index contributed by atoms with van der Waals surface area (Å²) in [6.45, 7) is 0. The van der Waals surface area contributed by atoms with Crippen LogP contribution in [0.4, 0.5) is 0 Å². The lowest BCUT2D eigenvalue weighted by molar-refractivity contribution is 0.129. The van der Waals surface area contributed by atoms with Crippen LogP contribution in [0, 0.1) is 0 Å². The molecule has 0 spiro atoms. The lowest BCUT2D eigenvalue weighted by Gasteiger charge is -1.97. The van der Waals surface area contributed by atoms with Gasteiger partial charge in [-0.1, -0.05) is 0 Å². The Hall–Kier alpha value is -0.0800. The maximum absolute atomic E-state index is 8.85. The summed E-state index contributed by atoms with van der Waals surface area (Å²) in [6, 6.07) is 0. The van der Waals surface area contributed by atoms with Gasteiger partial charge in [0.1, 0.15) is 0 Å². The Bertz CT molecular complexity index is 82.1. The number of fused-ring (bicyclic) bond motifs is 1. The number of hydrogen-bond acceptors (Lipinski definition) is 2. The van der Waals surface area contributed by atoms with E-state index < -0.39 is 0 Å². The average Bonchev–Trinajstić information content (AvgIpc) is 2.15. The second-order valence-corrected chi connectivity index (χ2v) is 2.34. The number of ether oxygens (including phenoxy) is 1. The van der Waals surface area contributed by atoms with Gasteiger partial charge in [-0.3, -0.25) is 0 Å². The topological polar surface area (TPSA) is 32.8 Å². The Morgan fingerprint density at radius 3 is 2.14 bits per heavy atom. The second-order valence-electron chi connectivity index (χ2n) is 2.34. The molecule has 2 fully saturated rings. The molecule has 1 saturated heterocycles. The molecule has 40 valence electrons. The molecule has 1 saturated carbocycles. The van der Waals surface area contributed by atoms with Gasteiger partial charge in [-0.15, -0.1) is 0 Å². The molecular weight excluding hydrogens is 92.1 g/mol. The first-order valence-corrected chi connectivity index (χ1v) is 2.70. The van der Waals surface area contributed by atoms with Gasteiger partial charge in [-0.25, -0.2) is 0 Å². The third-order valence-electron chi connectivity index (χ3n) is 1.70. The molecule has 0 bridgehead atoms. The Balaban J connectivity index is 2.02. The van der Waals surface area contributed by atoms with Crippen molar-refractivity contribution in [2.75, 3.05) is 0 Å². The minimum atomic E-state index is -0.0521. The summed E-state index contributed by atoms with van der Waals surface area (Å²) in [7, 11) is 0. The molecule has 2 rings (SSSR count). The molecule has 2 nitrogen and oxygen atoms in total. The van der Waals surface area contributed by atoms with Crippen LogP contribution >= 0.6 is 0 Å². The van der Waals surface area contributed by atoms with Gasteiger partial charge in [-0.2, -0.15) is 0 Å². The van der Waals surface area contributed by atoms with Crippen LogP contribution in [0.2, 0.25) is 0 Å². The van der Waals surface area contributed by atoms with Crippen molar-refractivity contribution < 1.29 is 9.84 Å². The van der Waals surface area contributed by atoms with Crippen molar-refractivity contribution in [3.05, 3.63) is 0 Å². The summed E-state index contributed by atoms with van der Waals surface area (Å²) in [5.74, 6) is 0. The molecule has 2 heteroatoms. The lowest BCUT2D eigenvalue weighted by Crippen LogP contribution is -2.02. The van der Waals surface area contributed by atoms with E-state index in [0.29, 0.717) is 12.2 Å². The largest absolute Gasteiger partial charge is 0.393 e. The maximum atomic E-state index is 8.85. The normalized spacial score (nSPS) is 57.0. The fourth-order valence-electron chi connectivity index (χ4n) is 1.23. The van der Waals surface area contributed by atoms with E-state index in [9.17, 15) is 0 Å². The molecule has 2 aliphatic rings. The van der Waals surface area contributed by atoms with Gasteiger partial charge in [0.15, 0.2) is 0 Å². The van der Waals surface area contributed by atoms with E-state index >= 15 is 0 Å². The highest BCUT2D eigenvalue weighted by Gasteiger charge is 2.47. The van der Waals surface area contributed by atoms with Crippen molar-refractivity contribution in [1.29, 1.82) is 0 Å². The van der Waals surface area contributed by atoms with Gasteiger partial charge in [0, 0.05) is 12.8 Å². The van der Waals surface area contributed by atoms with Gasteiger partial charge >= 0.3 is 0 Å². The van der Waals surface area contributed by atoms with E-state index in [2.05, 4.69) is 0 Å². The van der Waals surface area contributed by atoms with Gasteiger partial charge in [0.25, 0.3) is 0 Å². The van der Waals surface area contributed by atoms with E-state index in [-0.39, 0.29) is 6.10 Å². The van der Waals surface area contributed by atoms with Crippen molar-refractivity contribution in [2.45, 2.75) is 31.2 Å². The van der Waals surface area contributed by atoms with E-state index in [1.165, 1.54) is 0 Å². The minimum Gasteiger partial charge on any atom is -0.393 e. The zero-order chi connectivity index (χ0) is 4.85. The summed E-state index contributed by atoms with van der Waals surface area (Å²) in [4.78, 5) is 0. The smallest absolute Gasteiger partial charge is 0.0867 e. The molecule has 7 heavy (non-hydrogen) atoms. The Labute approximate surface area is 42.1 Å². The SMILES string of the molecule is O[C@@H]1C[C@@H]2O[C@@H]2C1. The third-order valence-corrected chi connectivity index (χ3v) is 1.70. The van der Waals surface area contributed by atoms with Crippen molar-refractivity contribution in [2.24, 2.45) is 0 Å². The predicted molar refractivity (Wildman–Crippen MR) is 23.9 cm³/mol. The zero-order valence-corrected chi connectivity index (χ0v) is 4.00. The number of hydrogen-bond donors (Lipinski definition) is 1. The van der Waals surface area contributed by atoms with Crippen LogP contribution in [0.1, 0.15) is 12.8 Å². The Morgan fingerprint density at radius 2 is 1.86 bits per heavy atom. The van der Waals surface area contributed by atoms with Crippen LogP contribution in [-0.4, -0.2) is 23.4 Å². The first-order valence-electron chi connectivity index (χ1n) is 2.70. The minimum absolute atomic E-state index is 0.0521. The summed E-state index contributed by atoms with van der Waals surface area (Å²) in [6.07, 6.45) is 2.59. The van der Waals surface area contributed by atoms with Crippen molar-refractivity contribution >= 4 is 0 Å². The number of aliphatic hydroxyl groups excluding tert-OH is 1. The van der Waals surface area contributed by atoms with Crippen molar-refractivity contribution in [3.8, 4) is 0 Å². The summed E-state index contributed by atoms with van der Waals surface area (Å²) in [5.41, 5.74) is 0. The van der Waals surface area contributed by atoms with Crippen LogP contribution in [0.3, 0.4) is 0 Å². The van der Waals surface area contributed by atoms with E-state index in [1.54, 1.807) is 0 Å². The second kappa shape index (κ2) is 1.01. The summed E-state index contributed by atoms with van der Waals surface area (Å²) < 4.78 is 5.06. The molecule has 0 aromatic rings. The quantitative estimate of drug-likeness (QED) is 0.431. The van der Waals surface area contributed by atoms with Gasteiger partial charge in [0.2, 0.25) is 0 Å². The van der Waals surface area contributed by atoms with Gasteiger partial charge in [-0.05, 0) is 0 Å². The van der Waals surface area contributed by atoms with Crippen molar-refractivity contribution in [1.82, 2.24) is 0 Å². The van der Waals surface area contributed by atoms with E-state index in [0.717, 1.165) is 12.8 Å². The van der Waals surface area contributed by atoms with Crippen LogP contribution in [0.5, 0.6) is 0 Å². The van der Waals surface area contributed by atoms with Crippen LogP contribution < -0.4 is 0 Å². The van der Waals surface area contributed by atoms with Crippen LogP contribution in [-0.2, 0) is 4.74 Å². The highest BCUT2D eigenvalue weighted by atomic mass is 16.6. The van der Waals surface area contributed by atoms with Crippen molar-refractivity contribution in [3.63, 3.8) is 0 Å². The zero-order valence-electron chi connectivity index (χ0n) is 4.00. The van der Waals surface area contributed by atoms with Crippen LogP contribution in [0.25, 0.3) is 0 Å². The highest BCUT2D eigenvalue weighted by Crippen LogP contribution is 2.38. The molecule has 0 amide bonds. The Morgan fingerprint density at radius 1 is 1.29 bits per heavy atom. The highest BCUT2D eigenvalue weighted by molar-refractivity contribution is 4.95. The molecular formula is C5H8O2. The number of rotatable bonds is 0. The Kier molecular flexibility index (Phi) is 0.557. The monoisotopic (exact) mass is 100 g/mol. The molecule has 0 aromatic heterocycles. The van der Waals surface area contributed by atoms with Crippen LogP contribution in [0.15, 0.2) is 0 Å². The predicted octanol–water partition coefficient (Wildman–Crippen LogP) is -0.0915. The number of aliphatic hydroxyl groups is 1.